The summed E-state index contributed by atoms with van der Waals surface area (Å²) in [5.41, 5.74) is 13.3. The first-order chi connectivity index (χ1) is 18.9. The van der Waals surface area contributed by atoms with Gasteiger partial charge in [0.25, 0.3) is 0 Å². The number of rotatable bonds is 1. The Balaban J connectivity index is 1.40. The van der Waals surface area contributed by atoms with E-state index in [-0.39, 0.29) is 0 Å². The predicted molar refractivity (Wildman–Crippen MR) is 161 cm³/mol. The molecule has 0 unspecified atom stereocenters. The average molecular weight is 522 g/mol. The third-order valence-corrected chi connectivity index (χ3v) is 9.70. The van der Waals surface area contributed by atoms with Gasteiger partial charge in [0.2, 0.25) is 5.78 Å². The second-order valence-corrected chi connectivity index (χ2v) is 11.5. The van der Waals surface area contributed by atoms with Crippen LogP contribution in [0.3, 0.4) is 0 Å². The largest absolute Gasteiger partial charge is 0.278 e. The van der Waals surface area contributed by atoms with Crippen molar-refractivity contribution in [2.45, 2.75) is 0 Å². The number of aromatic nitrogens is 3. The molecule has 0 N–H and O–H groups in total. The maximum absolute atomic E-state index is 5.10. The van der Waals surface area contributed by atoms with Crippen LogP contribution in [0.2, 0.25) is 0 Å². The molecule has 0 radical (unpaired) electrons. The second kappa shape index (κ2) is 7.54. The SMILES string of the molecule is c1ccc2c(c1)-c1cc(-n3c4ccccc4n4c5ccccc5nc34)ccc1-c1ccsc1-c1sccc1-2. The van der Waals surface area contributed by atoms with Gasteiger partial charge in [-0.15, -0.1) is 22.7 Å². The first-order valence-corrected chi connectivity index (χ1v) is 14.4. The quantitative estimate of drug-likeness (QED) is 0.211. The fourth-order valence-corrected chi connectivity index (χ4v) is 8.09. The number of thiophene rings is 2. The number of hydrogen-bond acceptors (Lipinski definition) is 3. The summed E-state index contributed by atoms with van der Waals surface area (Å²) in [6.45, 7) is 0. The normalized spacial score (nSPS) is 12.2. The van der Waals surface area contributed by atoms with Gasteiger partial charge in [-0.25, -0.2) is 4.98 Å². The summed E-state index contributed by atoms with van der Waals surface area (Å²) in [6.07, 6.45) is 0. The van der Waals surface area contributed by atoms with Crippen LogP contribution in [0.15, 0.2) is 114 Å². The first-order valence-electron chi connectivity index (χ1n) is 12.6. The first kappa shape index (κ1) is 20.6. The van der Waals surface area contributed by atoms with Gasteiger partial charge in [-0.1, -0.05) is 54.6 Å². The Labute approximate surface area is 226 Å². The van der Waals surface area contributed by atoms with Crippen LogP contribution in [0, 0.1) is 0 Å². The minimum absolute atomic E-state index is 0.933. The fourth-order valence-electron chi connectivity index (χ4n) is 6.08. The summed E-state index contributed by atoms with van der Waals surface area (Å²) in [4.78, 5) is 7.81. The highest BCUT2D eigenvalue weighted by Crippen LogP contribution is 2.51. The molecule has 9 rings (SSSR count). The lowest BCUT2D eigenvalue weighted by molar-refractivity contribution is 1.11. The molecule has 0 atom stereocenters. The summed E-state index contributed by atoms with van der Waals surface area (Å²) in [6, 6.07) is 37.3. The molecule has 0 aliphatic heterocycles. The Hall–Kier alpha value is -4.45. The van der Waals surface area contributed by atoms with E-state index in [0.29, 0.717) is 0 Å². The van der Waals surface area contributed by atoms with Crippen molar-refractivity contribution in [2.24, 2.45) is 0 Å². The van der Waals surface area contributed by atoms with Crippen molar-refractivity contribution in [1.29, 1.82) is 0 Å². The molecule has 4 heterocycles. The third-order valence-electron chi connectivity index (χ3n) is 7.70. The fraction of sp³-hybridized carbons (Fsp3) is 0. The van der Waals surface area contributed by atoms with E-state index >= 15 is 0 Å². The highest BCUT2D eigenvalue weighted by molar-refractivity contribution is 7.21. The van der Waals surface area contributed by atoms with Gasteiger partial charge in [-0.05, 0) is 81.5 Å². The van der Waals surface area contributed by atoms with Gasteiger partial charge in [0, 0.05) is 16.8 Å². The van der Waals surface area contributed by atoms with Crippen LogP contribution in [0.5, 0.6) is 0 Å². The zero-order chi connectivity index (χ0) is 24.8. The molecule has 1 aliphatic rings. The number of benzene rings is 4. The Morgan fingerprint density at radius 3 is 1.87 bits per heavy atom. The second-order valence-electron chi connectivity index (χ2n) is 9.66. The molecule has 0 spiro atoms. The maximum atomic E-state index is 5.10. The van der Waals surface area contributed by atoms with Crippen molar-refractivity contribution in [1.82, 2.24) is 14.0 Å². The smallest absolute Gasteiger partial charge is 0.220 e. The monoisotopic (exact) mass is 521 g/mol. The Morgan fingerprint density at radius 1 is 0.500 bits per heavy atom. The van der Waals surface area contributed by atoms with E-state index in [1.165, 1.54) is 43.1 Å². The van der Waals surface area contributed by atoms with Crippen molar-refractivity contribution < 1.29 is 0 Å². The summed E-state index contributed by atoms with van der Waals surface area (Å²) >= 11 is 3.67. The highest BCUT2D eigenvalue weighted by Gasteiger charge is 2.25. The Kier molecular flexibility index (Phi) is 4.09. The average Bonchev–Trinajstić information content (AvgIpc) is 3.74. The molecule has 38 heavy (non-hydrogen) atoms. The Bertz CT molecular complexity index is 2200. The molecule has 178 valence electrons. The lowest BCUT2D eigenvalue weighted by Gasteiger charge is -2.20. The van der Waals surface area contributed by atoms with E-state index in [1.54, 1.807) is 0 Å². The molecule has 5 heteroatoms. The highest BCUT2D eigenvalue weighted by atomic mass is 32.1. The van der Waals surface area contributed by atoms with E-state index in [0.717, 1.165) is 33.5 Å². The molecule has 0 amide bonds. The van der Waals surface area contributed by atoms with Crippen LogP contribution in [0.25, 0.3) is 76.7 Å². The molecule has 0 saturated heterocycles. The van der Waals surface area contributed by atoms with E-state index in [9.17, 15) is 0 Å². The standard InChI is InChI=1S/C33H19N3S2/c1-2-8-22-21(7-1)24-15-17-37-31(24)32-25(16-18-38-32)23-14-13-20(19-26(22)23)35-29-11-5-6-12-30(29)36-28-10-4-3-9-27(28)34-33(35)36/h1-19H. The van der Waals surface area contributed by atoms with Crippen molar-refractivity contribution in [3.63, 3.8) is 0 Å². The number of fused-ring (bicyclic) bond motifs is 13. The number of hydrogen-bond donors (Lipinski definition) is 0. The summed E-state index contributed by atoms with van der Waals surface area (Å²) < 4.78 is 4.59. The van der Waals surface area contributed by atoms with Crippen LogP contribution < -0.4 is 0 Å². The zero-order valence-electron chi connectivity index (χ0n) is 20.1. The van der Waals surface area contributed by atoms with Gasteiger partial charge in [0.1, 0.15) is 0 Å². The third kappa shape index (κ3) is 2.64. The number of imidazole rings is 2. The topological polar surface area (TPSA) is 22.2 Å². The van der Waals surface area contributed by atoms with Gasteiger partial charge in [-0.3, -0.25) is 8.97 Å². The van der Waals surface area contributed by atoms with Gasteiger partial charge >= 0.3 is 0 Å². The van der Waals surface area contributed by atoms with Crippen molar-refractivity contribution in [3.05, 3.63) is 114 Å². The summed E-state index contributed by atoms with van der Waals surface area (Å²) in [5, 5.41) is 4.44. The van der Waals surface area contributed by atoms with E-state index in [2.05, 4.69) is 123 Å². The molecule has 4 aromatic heterocycles. The number of para-hydroxylation sites is 4. The molecule has 0 fully saturated rings. The molecule has 8 aromatic rings. The molecule has 0 saturated carbocycles. The molecule has 1 aliphatic carbocycles. The van der Waals surface area contributed by atoms with Crippen molar-refractivity contribution in [2.75, 3.05) is 0 Å². The zero-order valence-corrected chi connectivity index (χ0v) is 21.8. The lowest BCUT2D eigenvalue weighted by Crippen LogP contribution is -1.98. The minimum atomic E-state index is 0.933. The molecule has 0 bridgehead atoms. The van der Waals surface area contributed by atoms with Gasteiger partial charge in [0.15, 0.2) is 0 Å². The van der Waals surface area contributed by atoms with Gasteiger partial charge < -0.3 is 0 Å². The number of nitrogens with zero attached hydrogens (tertiary/aromatic N) is 3. The van der Waals surface area contributed by atoms with Crippen LogP contribution >= 0.6 is 22.7 Å². The summed E-state index contributed by atoms with van der Waals surface area (Å²) in [5.74, 6) is 0.933. The van der Waals surface area contributed by atoms with Crippen LogP contribution in [-0.4, -0.2) is 14.0 Å². The molecule has 4 aromatic carbocycles. The van der Waals surface area contributed by atoms with Crippen LogP contribution in [0.4, 0.5) is 0 Å². The van der Waals surface area contributed by atoms with E-state index < -0.39 is 0 Å². The minimum Gasteiger partial charge on any atom is -0.278 e. The summed E-state index contributed by atoms with van der Waals surface area (Å²) in [7, 11) is 0. The van der Waals surface area contributed by atoms with Crippen molar-refractivity contribution in [3.8, 4) is 48.8 Å². The predicted octanol–water partition coefficient (Wildman–Crippen LogP) is 9.54. The van der Waals surface area contributed by atoms with Crippen LogP contribution in [-0.2, 0) is 0 Å². The van der Waals surface area contributed by atoms with Gasteiger partial charge in [0.05, 0.1) is 31.8 Å². The molecular formula is C33H19N3S2. The van der Waals surface area contributed by atoms with E-state index in [4.69, 9.17) is 4.98 Å². The maximum Gasteiger partial charge on any atom is 0.220 e. The Morgan fingerprint density at radius 2 is 1.11 bits per heavy atom. The van der Waals surface area contributed by atoms with E-state index in [1.807, 2.05) is 22.7 Å². The van der Waals surface area contributed by atoms with Gasteiger partial charge in [-0.2, -0.15) is 0 Å². The van der Waals surface area contributed by atoms with Crippen molar-refractivity contribution >= 4 is 50.5 Å². The lowest BCUT2D eigenvalue weighted by atomic mass is 9.86. The molecule has 3 nitrogen and oxygen atoms in total. The molecular weight excluding hydrogens is 503 g/mol. The van der Waals surface area contributed by atoms with Crippen LogP contribution in [0.1, 0.15) is 0 Å².